The lowest BCUT2D eigenvalue weighted by Gasteiger charge is -2.35. The van der Waals surface area contributed by atoms with E-state index in [1.807, 2.05) is 12.1 Å². The average molecular weight is 340 g/mol. The molecule has 0 saturated heterocycles. The number of pyridine rings is 1. The zero-order valence-electron chi connectivity index (χ0n) is 12.1. The van der Waals surface area contributed by atoms with Crippen molar-refractivity contribution in [2.24, 2.45) is 23.7 Å². The largest absolute Gasteiger partial charge is 0.481 e. The zero-order chi connectivity index (χ0) is 14.7. The van der Waals surface area contributed by atoms with Gasteiger partial charge in [-0.2, -0.15) is 0 Å². The molecule has 1 aliphatic carbocycles. The van der Waals surface area contributed by atoms with Gasteiger partial charge in [0.05, 0.1) is 5.92 Å². The van der Waals surface area contributed by atoms with Crippen LogP contribution in [0.1, 0.15) is 38.8 Å². The maximum absolute atomic E-state index is 11.5. The number of carbonyl (C=O) groups is 1. The summed E-state index contributed by atoms with van der Waals surface area (Å²) < 4.78 is 0.958. The summed E-state index contributed by atoms with van der Waals surface area (Å²) >= 11 is 3.38. The van der Waals surface area contributed by atoms with E-state index in [1.54, 1.807) is 6.20 Å². The first-order valence-electron chi connectivity index (χ1n) is 7.30. The molecule has 0 radical (unpaired) electrons. The standard InChI is InChI=1S/C16H22BrNO2/c1-10(2)11-3-6-15(16(19)20)12(7-11)8-14-5-4-13(17)9-18-14/h4-5,9-12,15H,3,6-8H2,1-2H3,(H,19,20). The second-order valence-corrected chi connectivity index (χ2v) is 7.11. The fraction of sp³-hybridized carbons (Fsp3) is 0.625. The van der Waals surface area contributed by atoms with Gasteiger partial charge in [0.1, 0.15) is 0 Å². The Labute approximate surface area is 128 Å². The molecule has 3 nitrogen and oxygen atoms in total. The molecule has 20 heavy (non-hydrogen) atoms. The summed E-state index contributed by atoms with van der Waals surface area (Å²) in [6, 6.07) is 3.96. The molecule has 1 fully saturated rings. The van der Waals surface area contributed by atoms with Gasteiger partial charge in [0.15, 0.2) is 0 Å². The SMILES string of the molecule is CC(C)C1CCC(C(=O)O)C(Cc2ccc(Br)cn2)C1. The van der Waals surface area contributed by atoms with Crippen molar-refractivity contribution in [3.63, 3.8) is 0 Å². The molecule has 0 bridgehead atoms. The van der Waals surface area contributed by atoms with E-state index < -0.39 is 5.97 Å². The van der Waals surface area contributed by atoms with Gasteiger partial charge in [-0.05, 0) is 71.5 Å². The summed E-state index contributed by atoms with van der Waals surface area (Å²) in [5, 5.41) is 9.43. The van der Waals surface area contributed by atoms with Crippen molar-refractivity contribution in [3.8, 4) is 0 Å². The third-order valence-corrected chi connectivity index (χ3v) is 5.01. The highest BCUT2D eigenvalue weighted by Gasteiger charge is 2.36. The molecule has 0 spiro atoms. The van der Waals surface area contributed by atoms with Gasteiger partial charge < -0.3 is 5.11 Å². The van der Waals surface area contributed by atoms with E-state index >= 15 is 0 Å². The summed E-state index contributed by atoms with van der Waals surface area (Å²) in [5.41, 5.74) is 0.994. The maximum Gasteiger partial charge on any atom is 0.306 e. The Bertz CT molecular complexity index is 458. The molecule has 3 unspecified atom stereocenters. The van der Waals surface area contributed by atoms with Crippen LogP contribution in [0, 0.1) is 23.7 Å². The van der Waals surface area contributed by atoms with Gasteiger partial charge in [-0.1, -0.05) is 13.8 Å². The molecule has 4 heteroatoms. The zero-order valence-corrected chi connectivity index (χ0v) is 13.6. The van der Waals surface area contributed by atoms with Gasteiger partial charge in [0, 0.05) is 16.4 Å². The molecule has 2 rings (SSSR count). The molecular formula is C16H22BrNO2. The van der Waals surface area contributed by atoms with E-state index in [4.69, 9.17) is 0 Å². The highest BCUT2D eigenvalue weighted by atomic mass is 79.9. The number of carboxylic acid groups (broad SMARTS) is 1. The van der Waals surface area contributed by atoms with Crippen LogP contribution >= 0.6 is 15.9 Å². The van der Waals surface area contributed by atoms with Crippen LogP contribution in [-0.2, 0) is 11.2 Å². The van der Waals surface area contributed by atoms with Gasteiger partial charge in [0.25, 0.3) is 0 Å². The van der Waals surface area contributed by atoms with Crippen molar-refractivity contribution in [2.75, 3.05) is 0 Å². The Kier molecular flexibility index (Phi) is 5.19. The molecule has 1 aromatic rings. The van der Waals surface area contributed by atoms with Crippen molar-refractivity contribution >= 4 is 21.9 Å². The van der Waals surface area contributed by atoms with Gasteiger partial charge in [-0.25, -0.2) is 0 Å². The molecule has 1 saturated carbocycles. The molecule has 110 valence electrons. The maximum atomic E-state index is 11.5. The van der Waals surface area contributed by atoms with E-state index in [0.717, 1.165) is 35.8 Å². The Balaban J connectivity index is 2.10. The molecule has 3 atom stereocenters. The molecule has 1 aliphatic rings. The van der Waals surface area contributed by atoms with Crippen LogP contribution in [0.5, 0.6) is 0 Å². The van der Waals surface area contributed by atoms with Crippen LogP contribution in [0.25, 0.3) is 0 Å². The number of halogens is 1. The minimum Gasteiger partial charge on any atom is -0.481 e. The molecule has 1 heterocycles. The topological polar surface area (TPSA) is 50.2 Å². The summed E-state index contributed by atoms with van der Waals surface area (Å²) in [6.07, 6.45) is 5.41. The second kappa shape index (κ2) is 6.70. The summed E-state index contributed by atoms with van der Waals surface area (Å²) in [7, 11) is 0. The number of nitrogens with zero attached hydrogens (tertiary/aromatic N) is 1. The number of aliphatic carboxylic acids is 1. The molecule has 0 aromatic carbocycles. The number of aromatic nitrogens is 1. The van der Waals surface area contributed by atoms with E-state index in [9.17, 15) is 9.90 Å². The number of hydrogen-bond donors (Lipinski definition) is 1. The van der Waals surface area contributed by atoms with Gasteiger partial charge in [-0.3, -0.25) is 9.78 Å². The Hall–Kier alpha value is -0.900. The average Bonchev–Trinajstić information content (AvgIpc) is 2.41. The highest BCUT2D eigenvalue weighted by molar-refractivity contribution is 9.10. The van der Waals surface area contributed by atoms with Crippen molar-refractivity contribution < 1.29 is 9.90 Å². The minimum atomic E-state index is -0.644. The fourth-order valence-electron chi connectivity index (χ4n) is 3.25. The third-order valence-electron chi connectivity index (χ3n) is 4.54. The van der Waals surface area contributed by atoms with Crippen LogP contribution in [0.4, 0.5) is 0 Å². The third kappa shape index (κ3) is 3.81. The van der Waals surface area contributed by atoms with Crippen molar-refractivity contribution in [1.82, 2.24) is 4.98 Å². The van der Waals surface area contributed by atoms with Gasteiger partial charge in [-0.15, -0.1) is 0 Å². The lowest BCUT2D eigenvalue weighted by Crippen LogP contribution is -2.33. The first kappa shape index (κ1) is 15.5. The smallest absolute Gasteiger partial charge is 0.306 e. The van der Waals surface area contributed by atoms with Gasteiger partial charge >= 0.3 is 5.97 Å². The van der Waals surface area contributed by atoms with Crippen molar-refractivity contribution in [3.05, 3.63) is 28.5 Å². The lowest BCUT2D eigenvalue weighted by molar-refractivity contribution is -0.145. The molecule has 0 amide bonds. The molecule has 0 aliphatic heterocycles. The quantitative estimate of drug-likeness (QED) is 0.895. The van der Waals surface area contributed by atoms with Crippen LogP contribution in [-0.4, -0.2) is 16.1 Å². The van der Waals surface area contributed by atoms with Crippen molar-refractivity contribution in [1.29, 1.82) is 0 Å². The highest BCUT2D eigenvalue weighted by Crippen LogP contribution is 2.39. The molecule has 1 aromatic heterocycles. The van der Waals surface area contributed by atoms with Crippen LogP contribution in [0.3, 0.4) is 0 Å². The van der Waals surface area contributed by atoms with E-state index in [2.05, 4.69) is 34.8 Å². The number of rotatable bonds is 4. The summed E-state index contributed by atoms with van der Waals surface area (Å²) in [6.45, 7) is 4.47. The predicted octanol–water partition coefficient (Wildman–Crippen LogP) is 4.16. The van der Waals surface area contributed by atoms with Crippen LogP contribution in [0.2, 0.25) is 0 Å². The second-order valence-electron chi connectivity index (χ2n) is 6.19. The normalized spacial score (nSPS) is 26.7. The summed E-state index contributed by atoms with van der Waals surface area (Å²) in [5.74, 6) is 0.628. The number of hydrogen-bond acceptors (Lipinski definition) is 2. The first-order chi connectivity index (χ1) is 9.47. The van der Waals surface area contributed by atoms with E-state index in [0.29, 0.717) is 11.8 Å². The molecular weight excluding hydrogens is 318 g/mol. The Morgan fingerprint density at radius 2 is 2.20 bits per heavy atom. The van der Waals surface area contributed by atoms with E-state index in [1.165, 1.54) is 0 Å². The van der Waals surface area contributed by atoms with E-state index in [-0.39, 0.29) is 11.8 Å². The number of carboxylic acids is 1. The molecule has 1 N–H and O–H groups in total. The Morgan fingerprint density at radius 3 is 2.75 bits per heavy atom. The fourth-order valence-corrected chi connectivity index (χ4v) is 3.49. The predicted molar refractivity (Wildman–Crippen MR) is 82.4 cm³/mol. The first-order valence-corrected chi connectivity index (χ1v) is 8.10. The van der Waals surface area contributed by atoms with Crippen LogP contribution < -0.4 is 0 Å². The monoisotopic (exact) mass is 339 g/mol. The summed E-state index contributed by atoms with van der Waals surface area (Å²) in [4.78, 5) is 15.9. The lowest BCUT2D eigenvalue weighted by atomic mass is 9.69. The van der Waals surface area contributed by atoms with Crippen LogP contribution in [0.15, 0.2) is 22.8 Å². The minimum absolute atomic E-state index is 0.210. The van der Waals surface area contributed by atoms with Crippen molar-refractivity contribution in [2.45, 2.75) is 39.5 Å². The Morgan fingerprint density at radius 1 is 1.45 bits per heavy atom. The van der Waals surface area contributed by atoms with Gasteiger partial charge in [0.2, 0.25) is 0 Å².